The van der Waals surface area contributed by atoms with Crippen LogP contribution < -0.4 is 5.32 Å². The van der Waals surface area contributed by atoms with Gasteiger partial charge in [-0.05, 0) is 37.3 Å². The number of anilines is 1. The summed E-state index contributed by atoms with van der Waals surface area (Å²) in [6.07, 6.45) is 2.01. The molecule has 0 atom stereocenters. The minimum Gasteiger partial charge on any atom is -0.322 e. The number of carbonyl (C=O) groups excluding carboxylic acids is 1. The summed E-state index contributed by atoms with van der Waals surface area (Å²) >= 11 is 7.56. The summed E-state index contributed by atoms with van der Waals surface area (Å²) in [5.74, 6) is -0.193. The molecular formula is C19H14ClN3OS. The van der Waals surface area contributed by atoms with Gasteiger partial charge in [0.1, 0.15) is 0 Å². The Morgan fingerprint density at radius 2 is 2.04 bits per heavy atom. The molecule has 2 aromatic heterocycles. The SMILES string of the molecule is Cc1csc2nc(-c3cccc(NC(=O)c4cccc(Cl)c4)c3)cn12. The lowest BCUT2D eigenvalue weighted by atomic mass is 10.1. The Bertz CT molecular complexity index is 1080. The third kappa shape index (κ3) is 3.16. The molecule has 0 radical (unpaired) electrons. The van der Waals surface area contributed by atoms with E-state index in [1.807, 2.05) is 30.5 Å². The van der Waals surface area contributed by atoms with Crippen molar-refractivity contribution in [1.29, 1.82) is 0 Å². The van der Waals surface area contributed by atoms with E-state index in [-0.39, 0.29) is 5.91 Å². The van der Waals surface area contributed by atoms with E-state index in [4.69, 9.17) is 11.6 Å². The molecule has 0 unspecified atom stereocenters. The highest BCUT2D eigenvalue weighted by atomic mass is 35.5. The molecule has 0 aliphatic rings. The fourth-order valence-electron chi connectivity index (χ4n) is 2.62. The molecule has 1 N–H and O–H groups in total. The molecule has 0 saturated heterocycles. The van der Waals surface area contributed by atoms with Gasteiger partial charge < -0.3 is 5.32 Å². The number of aryl methyl sites for hydroxylation is 1. The van der Waals surface area contributed by atoms with Crippen LogP contribution in [0.2, 0.25) is 5.02 Å². The Kier molecular flexibility index (Phi) is 4.03. The maximum Gasteiger partial charge on any atom is 0.255 e. The number of benzene rings is 2. The molecule has 4 nitrogen and oxygen atoms in total. The fourth-order valence-corrected chi connectivity index (χ4v) is 3.66. The molecule has 0 spiro atoms. The molecule has 1 amide bonds. The second-order valence-electron chi connectivity index (χ2n) is 5.70. The van der Waals surface area contributed by atoms with Crippen molar-refractivity contribution in [3.8, 4) is 11.3 Å². The van der Waals surface area contributed by atoms with Gasteiger partial charge in [-0.3, -0.25) is 9.20 Å². The minimum atomic E-state index is -0.193. The third-order valence-corrected chi connectivity index (χ3v) is 5.08. The van der Waals surface area contributed by atoms with Crippen LogP contribution >= 0.6 is 22.9 Å². The van der Waals surface area contributed by atoms with Crippen molar-refractivity contribution in [2.75, 3.05) is 5.32 Å². The molecule has 0 bridgehead atoms. The predicted molar refractivity (Wildman–Crippen MR) is 103 cm³/mol. The van der Waals surface area contributed by atoms with Crippen LogP contribution in [0.3, 0.4) is 0 Å². The maximum atomic E-state index is 12.4. The second-order valence-corrected chi connectivity index (χ2v) is 6.97. The summed E-state index contributed by atoms with van der Waals surface area (Å²) in [4.78, 5) is 18.0. The normalized spacial score (nSPS) is 11.0. The van der Waals surface area contributed by atoms with Crippen LogP contribution in [0.5, 0.6) is 0 Å². The number of hydrogen-bond acceptors (Lipinski definition) is 3. The maximum absolute atomic E-state index is 12.4. The van der Waals surface area contributed by atoms with E-state index in [1.165, 1.54) is 0 Å². The van der Waals surface area contributed by atoms with Gasteiger partial charge in [0.25, 0.3) is 5.91 Å². The zero-order chi connectivity index (χ0) is 17.4. The number of nitrogens with one attached hydrogen (secondary N) is 1. The highest BCUT2D eigenvalue weighted by molar-refractivity contribution is 7.15. The van der Waals surface area contributed by atoms with Crippen molar-refractivity contribution in [2.45, 2.75) is 6.92 Å². The molecule has 0 saturated carbocycles. The zero-order valence-electron chi connectivity index (χ0n) is 13.4. The lowest BCUT2D eigenvalue weighted by Gasteiger charge is -2.07. The molecule has 124 valence electrons. The Labute approximate surface area is 153 Å². The van der Waals surface area contributed by atoms with E-state index in [2.05, 4.69) is 27.0 Å². The first kappa shape index (κ1) is 15.9. The van der Waals surface area contributed by atoms with Gasteiger partial charge in [0.05, 0.1) is 5.69 Å². The molecular weight excluding hydrogens is 354 g/mol. The third-order valence-electron chi connectivity index (χ3n) is 3.89. The van der Waals surface area contributed by atoms with E-state index < -0.39 is 0 Å². The van der Waals surface area contributed by atoms with Gasteiger partial charge in [0.2, 0.25) is 0 Å². The summed E-state index contributed by atoms with van der Waals surface area (Å²) in [6, 6.07) is 14.5. The second kappa shape index (κ2) is 6.35. The number of hydrogen-bond donors (Lipinski definition) is 1. The van der Waals surface area contributed by atoms with Crippen LogP contribution in [0.15, 0.2) is 60.1 Å². The fraction of sp³-hybridized carbons (Fsp3) is 0.0526. The highest BCUT2D eigenvalue weighted by Gasteiger charge is 2.10. The Morgan fingerprint density at radius 1 is 1.20 bits per heavy atom. The van der Waals surface area contributed by atoms with Crippen LogP contribution in [0.4, 0.5) is 5.69 Å². The number of aromatic nitrogens is 2. The first-order chi connectivity index (χ1) is 12.1. The molecule has 6 heteroatoms. The van der Waals surface area contributed by atoms with Crippen LogP contribution in [0.25, 0.3) is 16.2 Å². The van der Waals surface area contributed by atoms with Crippen molar-refractivity contribution in [3.05, 3.63) is 76.4 Å². The largest absolute Gasteiger partial charge is 0.322 e. The van der Waals surface area contributed by atoms with Gasteiger partial charge in [-0.2, -0.15) is 0 Å². The van der Waals surface area contributed by atoms with Gasteiger partial charge >= 0.3 is 0 Å². The molecule has 4 rings (SSSR count). The van der Waals surface area contributed by atoms with Crippen molar-refractivity contribution >= 4 is 39.5 Å². The van der Waals surface area contributed by atoms with E-state index in [9.17, 15) is 4.79 Å². The standard InChI is InChI=1S/C19H14ClN3OS/c1-12-11-25-19-22-17(10-23(12)19)13-4-3-7-16(9-13)21-18(24)14-5-2-6-15(20)8-14/h2-11H,1H3,(H,21,24). The summed E-state index contributed by atoms with van der Waals surface area (Å²) < 4.78 is 2.07. The number of nitrogens with zero attached hydrogens (tertiary/aromatic N) is 2. The number of halogens is 1. The van der Waals surface area contributed by atoms with Crippen molar-refractivity contribution < 1.29 is 4.79 Å². The topological polar surface area (TPSA) is 46.4 Å². The minimum absolute atomic E-state index is 0.193. The summed E-state index contributed by atoms with van der Waals surface area (Å²) in [7, 11) is 0. The summed E-state index contributed by atoms with van der Waals surface area (Å²) in [5, 5.41) is 5.52. The van der Waals surface area contributed by atoms with Gasteiger partial charge in [-0.25, -0.2) is 4.98 Å². The van der Waals surface area contributed by atoms with Gasteiger partial charge in [-0.1, -0.05) is 29.8 Å². The molecule has 25 heavy (non-hydrogen) atoms. The molecule has 0 fully saturated rings. The Balaban J connectivity index is 1.61. The Morgan fingerprint density at radius 3 is 2.84 bits per heavy atom. The molecule has 4 aromatic rings. The van der Waals surface area contributed by atoms with Gasteiger partial charge in [0.15, 0.2) is 4.96 Å². The van der Waals surface area contributed by atoms with Gasteiger partial charge in [0, 0.05) is 39.1 Å². The molecule has 0 aliphatic carbocycles. The number of fused-ring (bicyclic) bond motifs is 1. The van der Waals surface area contributed by atoms with E-state index >= 15 is 0 Å². The molecule has 2 heterocycles. The first-order valence-corrected chi connectivity index (χ1v) is 8.96. The van der Waals surface area contributed by atoms with Crippen molar-refractivity contribution in [1.82, 2.24) is 9.38 Å². The lowest BCUT2D eigenvalue weighted by Crippen LogP contribution is -2.11. The summed E-state index contributed by atoms with van der Waals surface area (Å²) in [5.41, 5.74) is 4.24. The lowest BCUT2D eigenvalue weighted by molar-refractivity contribution is 0.102. The zero-order valence-corrected chi connectivity index (χ0v) is 14.9. The highest BCUT2D eigenvalue weighted by Crippen LogP contribution is 2.25. The van der Waals surface area contributed by atoms with Crippen molar-refractivity contribution in [3.63, 3.8) is 0 Å². The average molecular weight is 368 g/mol. The Hall–Kier alpha value is -2.63. The number of rotatable bonds is 3. The van der Waals surface area contributed by atoms with E-state index in [0.29, 0.717) is 10.6 Å². The number of carbonyl (C=O) groups is 1. The summed E-state index contributed by atoms with van der Waals surface area (Å²) in [6.45, 7) is 2.05. The first-order valence-electron chi connectivity index (χ1n) is 7.71. The van der Waals surface area contributed by atoms with Gasteiger partial charge in [-0.15, -0.1) is 11.3 Å². The predicted octanol–water partition coefficient (Wildman–Crippen LogP) is 5.28. The van der Waals surface area contributed by atoms with Crippen molar-refractivity contribution in [2.24, 2.45) is 0 Å². The van der Waals surface area contributed by atoms with E-state index in [0.717, 1.165) is 27.6 Å². The van der Waals surface area contributed by atoms with Crippen LogP contribution in [0.1, 0.15) is 16.1 Å². The molecule has 2 aromatic carbocycles. The van der Waals surface area contributed by atoms with Crippen LogP contribution in [-0.4, -0.2) is 15.3 Å². The van der Waals surface area contributed by atoms with E-state index in [1.54, 1.807) is 35.6 Å². The number of imidazole rings is 1. The number of thiazole rings is 1. The smallest absolute Gasteiger partial charge is 0.255 e. The van der Waals surface area contributed by atoms with Crippen LogP contribution in [0, 0.1) is 6.92 Å². The average Bonchev–Trinajstić information content (AvgIpc) is 3.17. The monoisotopic (exact) mass is 367 g/mol. The molecule has 0 aliphatic heterocycles. The van der Waals surface area contributed by atoms with Crippen LogP contribution in [-0.2, 0) is 0 Å². The number of amides is 1. The quantitative estimate of drug-likeness (QED) is 0.535.